The molecule has 0 aliphatic carbocycles. The monoisotopic (exact) mass is 515 g/mol. The lowest BCUT2D eigenvalue weighted by Gasteiger charge is -2.23. The second-order valence-corrected chi connectivity index (χ2v) is 11.8. The molecule has 3 N–H and O–H groups in total. The number of fused-ring (bicyclic) bond motifs is 2. The quantitative estimate of drug-likeness (QED) is 0.263. The Morgan fingerprint density at radius 1 is 1.20 bits per heavy atom. The number of hydrogen-bond acceptors (Lipinski definition) is 11. The lowest BCUT2D eigenvalue weighted by atomic mass is 10.2. The molecular weight excluding hydrogens is 490 g/mol. The van der Waals surface area contributed by atoms with E-state index in [0.29, 0.717) is 59.0 Å². The number of aromatic nitrogens is 5. The van der Waals surface area contributed by atoms with Crippen LogP contribution >= 0.6 is 11.8 Å². The summed E-state index contributed by atoms with van der Waals surface area (Å²) in [5.74, 6) is 2.03. The second kappa shape index (κ2) is 9.57. The number of nitrogen functional groups attached to an aromatic ring is 1. The fourth-order valence-corrected chi connectivity index (χ4v) is 5.27. The summed E-state index contributed by atoms with van der Waals surface area (Å²) in [5, 5.41) is 0.677. The summed E-state index contributed by atoms with van der Waals surface area (Å²) >= 11 is 0.278. The highest BCUT2D eigenvalue weighted by Crippen LogP contribution is 2.44. The Bertz CT molecular complexity index is 1340. The maximum atomic E-state index is 12.3. The van der Waals surface area contributed by atoms with Gasteiger partial charge in [-0.05, 0) is 39.3 Å². The van der Waals surface area contributed by atoms with Gasteiger partial charge in [0, 0.05) is 29.3 Å². The smallest absolute Gasteiger partial charge is 0.231 e. The lowest BCUT2D eigenvalue weighted by Crippen LogP contribution is -2.39. The first kappa shape index (κ1) is 23.7. The third-order valence-corrected chi connectivity index (χ3v) is 7.84. The van der Waals surface area contributed by atoms with E-state index in [1.165, 1.54) is 24.4 Å². The highest BCUT2D eigenvalue weighted by molar-refractivity contribution is 7.99. The molecule has 1 aliphatic rings. The van der Waals surface area contributed by atoms with Crippen LogP contribution in [0.2, 0.25) is 0 Å². The zero-order valence-electron chi connectivity index (χ0n) is 19.5. The van der Waals surface area contributed by atoms with Gasteiger partial charge in [0.1, 0.15) is 17.3 Å². The van der Waals surface area contributed by atoms with Crippen molar-refractivity contribution in [3.8, 4) is 23.0 Å². The molecule has 0 fully saturated rings. The number of ether oxygens (including phenoxy) is 2. The molecule has 1 aromatic carbocycles. The molecule has 0 spiro atoms. The summed E-state index contributed by atoms with van der Waals surface area (Å²) in [7, 11) is 0. The van der Waals surface area contributed by atoms with Crippen LogP contribution in [0, 0.1) is 0 Å². The van der Waals surface area contributed by atoms with Crippen LogP contribution in [0.15, 0.2) is 45.4 Å². The number of imidazole rings is 1. The van der Waals surface area contributed by atoms with Gasteiger partial charge in [-0.3, -0.25) is 0 Å². The van der Waals surface area contributed by atoms with Crippen LogP contribution in [0.3, 0.4) is 0 Å². The maximum Gasteiger partial charge on any atom is 0.231 e. The molecule has 3 aromatic heterocycles. The van der Waals surface area contributed by atoms with Crippen LogP contribution in [0.4, 0.5) is 5.82 Å². The molecule has 0 saturated heterocycles. The molecule has 184 valence electrons. The molecule has 0 saturated carbocycles. The number of benzene rings is 1. The molecule has 11 nitrogen and oxygen atoms in total. The standard InChI is InChI=1S/C22H25N7O4S2/c1-22(2,3)35(30)27-5-4-7-29-19-17(18(23)25-11-26-19)28-21(29)34-16-10-15-14(32-12-33-15)9-13(16)20-24-6-8-31-20/h6,8-11,27H,4-5,7,12H2,1-3H3,(H2,23,25,26). The average molecular weight is 516 g/mol. The van der Waals surface area contributed by atoms with E-state index in [9.17, 15) is 4.55 Å². The average Bonchev–Trinajstić information content (AvgIpc) is 3.56. The molecule has 1 unspecified atom stereocenters. The van der Waals surface area contributed by atoms with Crippen LogP contribution < -0.4 is 19.9 Å². The molecule has 1 atom stereocenters. The molecule has 13 heteroatoms. The normalized spacial score (nSPS) is 14.1. The maximum absolute atomic E-state index is 12.3. The number of anilines is 1. The highest BCUT2D eigenvalue weighted by atomic mass is 32.2. The summed E-state index contributed by atoms with van der Waals surface area (Å²) in [6.07, 6.45) is 5.25. The van der Waals surface area contributed by atoms with Gasteiger partial charge in [0.15, 0.2) is 33.6 Å². The van der Waals surface area contributed by atoms with Gasteiger partial charge in [0.2, 0.25) is 12.7 Å². The minimum absolute atomic E-state index is 0.155. The van der Waals surface area contributed by atoms with Gasteiger partial charge in [0.05, 0.1) is 11.8 Å². The molecule has 4 aromatic rings. The Morgan fingerprint density at radius 3 is 2.74 bits per heavy atom. The molecule has 5 rings (SSSR count). The number of nitrogens with zero attached hydrogens (tertiary/aromatic N) is 5. The molecule has 0 bridgehead atoms. The minimum Gasteiger partial charge on any atom is -0.598 e. The van der Waals surface area contributed by atoms with E-state index in [4.69, 9.17) is 24.6 Å². The minimum atomic E-state index is -1.14. The topological polar surface area (TPSA) is 149 Å². The second-order valence-electron chi connectivity index (χ2n) is 8.75. The van der Waals surface area contributed by atoms with Crippen LogP contribution in [-0.4, -0.2) is 47.1 Å². The van der Waals surface area contributed by atoms with Crippen molar-refractivity contribution in [1.82, 2.24) is 29.2 Å². The highest BCUT2D eigenvalue weighted by Gasteiger charge is 2.26. The van der Waals surface area contributed by atoms with Gasteiger partial charge >= 0.3 is 0 Å². The Labute approximate surface area is 209 Å². The van der Waals surface area contributed by atoms with Gasteiger partial charge < -0.3 is 28.7 Å². The zero-order valence-corrected chi connectivity index (χ0v) is 21.1. The van der Waals surface area contributed by atoms with E-state index < -0.39 is 11.4 Å². The summed E-state index contributed by atoms with van der Waals surface area (Å²) in [6, 6.07) is 3.74. The summed E-state index contributed by atoms with van der Waals surface area (Å²) < 4.78 is 33.8. The van der Waals surface area contributed by atoms with E-state index >= 15 is 0 Å². The number of aryl methyl sites for hydroxylation is 1. The number of rotatable bonds is 8. The molecule has 0 amide bonds. The Balaban J connectivity index is 1.47. The van der Waals surface area contributed by atoms with Crippen molar-refractivity contribution < 1.29 is 18.4 Å². The summed E-state index contributed by atoms with van der Waals surface area (Å²) in [4.78, 5) is 18.4. The predicted octanol–water partition coefficient (Wildman–Crippen LogP) is 3.39. The van der Waals surface area contributed by atoms with Crippen molar-refractivity contribution in [1.29, 1.82) is 0 Å². The van der Waals surface area contributed by atoms with E-state index in [-0.39, 0.29) is 11.5 Å². The fourth-order valence-electron chi connectivity index (χ4n) is 3.46. The van der Waals surface area contributed by atoms with Gasteiger partial charge in [-0.1, -0.05) is 11.8 Å². The van der Waals surface area contributed by atoms with Crippen molar-refractivity contribution >= 4 is 40.1 Å². The van der Waals surface area contributed by atoms with E-state index in [1.54, 1.807) is 6.20 Å². The van der Waals surface area contributed by atoms with E-state index in [0.717, 1.165) is 10.5 Å². The van der Waals surface area contributed by atoms with Crippen LogP contribution in [0.5, 0.6) is 11.5 Å². The Kier molecular flexibility index (Phi) is 6.49. The number of nitrogens with one attached hydrogen (secondary N) is 1. The van der Waals surface area contributed by atoms with E-state index in [1.807, 2.05) is 37.5 Å². The van der Waals surface area contributed by atoms with Crippen LogP contribution in [0.25, 0.3) is 22.6 Å². The van der Waals surface area contributed by atoms with Crippen molar-refractivity contribution in [2.45, 2.75) is 48.5 Å². The molecule has 0 radical (unpaired) electrons. The SMILES string of the molecule is CC(C)(C)[S+]([O-])NCCCn1c(Sc2cc3c(cc2-c2ncco2)OCO3)nc2c(N)ncnc21. The number of hydrogen-bond donors (Lipinski definition) is 2. The molecular formula is C22H25N7O4S2. The number of nitrogens with two attached hydrogens (primary N) is 1. The Morgan fingerprint density at radius 2 is 2.00 bits per heavy atom. The molecule has 1 aliphatic heterocycles. The van der Waals surface area contributed by atoms with Gasteiger partial charge in [0.25, 0.3) is 0 Å². The van der Waals surface area contributed by atoms with Gasteiger partial charge in [-0.2, -0.15) is 0 Å². The largest absolute Gasteiger partial charge is 0.598 e. The molecule has 4 heterocycles. The van der Waals surface area contributed by atoms with Gasteiger partial charge in [-0.15, -0.1) is 4.72 Å². The summed E-state index contributed by atoms with van der Waals surface area (Å²) in [5.41, 5.74) is 8.02. The first-order valence-electron chi connectivity index (χ1n) is 10.9. The fraction of sp³-hybridized carbons (Fsp3) is 0.364. The van der Waals surface area contributed by atoms with Crippen molar-refractivity contribution in [2.24, 2.45) is 0 Å². The third-order valence-electron chi connectivity index (χ3n) is 5.21. The first-order valence-corrected chi connectivity index (χ1v) is 12.9. The Hall–Kier alpha value is -3.00. The van der Waals surface area contributed by atoms with Crippen LogP contribution in [-0.2, 0) is 17.9 Å². The first-order chi connectivity index (χ1) is 16.8. The lowest BCUT2D eigenvalue weighted by molar-refractivity contribution is 0.174. The number of oxazole rings is 1. The molecule has 35 heavy (non-hydrogen) atoms. The van der Waals surface area contributed by atoms with Crippen molar-refractivity contribution in [2.75, 3.05) is 19.1 Å². The van der Waals surface area contributed by atoms with Gasteiger partial charge in [-0.25, -0.2) is 19.9 Å². The predicted molar refractivity (Wildman–Crippen MR) is 132 cm³/mol. The van der Waals surface area contributed by atoms with E-state index in [2.05, 4.69) is 19.7 Å². The van der Waals surface area contributed by atoms with Crippen LogP contribution in [0.1, 0.15) is 27.2 Å². The summed E-state index contributed by atoms with van der Waals surface area (Å²) in [6.45, 7) is 7.12. The van der Waals surface area contributed by atoms with Crippen molar-refractivity contribution in [3.63, 3.8) is 0 Å². The zero-order chi connectivity index (χ0) is 24.6. The third kappa shape index (κ3) is 4.89. The van der Waals surface area contributed by atoms with Crippen molar-refractivity contribution in [3.05, 3.63) is 30.9 Å².